The highest BCUT2D eigenvalue weighted by molar-refractivity contribution is 7.91. The van der Waals surface area contributed by atoms with E-state index in [0.717, 1.165) is 11.3 Å². The first kappa shape index (κ1) is 15.0. The monoisotopic (exact) mass is 382 g/mol. The molecule has 0 radical (unpaired) electrons. The SMILES string of the molecule is NS(=O)(=O)c1nn2c(-c3ccc(Cl)c(Cl)c3Cl)cnc2s1. The van der Waals surface area contributed by atoms with E-state index in [1.54, 1.807) is 12.1 Å². The Kier molecular flexibility index (Phi) is 3.63. The number of hydrogen-bond acceptors (Lipinski definition) is 5. The molecule has 0 aliphatic carbocycles. The number of fused-ring (bicyclic) bond motifs is 1. The molecule has 0 saturated carbocycles. The van der Waals surface area contributed by atoms with Gasteiger partial charge in [0.1, 0.15) is 0 Å². The van der Waals surface area contributed by atoms with E-state index in [1.165, 1.54) is 10.7 Å². The number of benzene rings is 1. The van der Waals surface area contributed by atoms with Gasteiger partial charge in [0.05, 0.1) is 27.0 Å². The third kappa shape index (κ3) is 2.52. The van der Waals surface area contributed by atoms with E-state index in [9.17, 15) is 8.42 Å². The number of nitrogens with zero attached hydrogens (tertiary/aromatic N) is 3. The van der Waals surface area contributed by atoms with Crippen molar-refractivity contribution in [2.75, 3.05) is 0 Å². The molecule has 21 heavy (non-hydrogen) atoms. The molecule has 0 fully saturated rings. The lowest BCUT2D eigenvalue weighted by molar-refractivity contribution is 0.595. The molecule has 0 aliphatic rings. The predicted molar refractivity (Wildman–Crippen MR) is 82.7 cm³/mol. The van der Waals surface area contributed by atoms with Crippen LogP contribution >= 0.6 is 46.1 Å². The molecule has 0 amide bonds. The predicted octanol–water partition coefficient (Wildman–Crippen LogP) is 3.07. The van der Waals surface area contributed by atoms with Crippen LogP contribution in [0.2, 0.25) is 15.1 Å². The first-order chi connectivity index (χ1) is 9.79. The third-order valence-corrected chi connectivity index (χ3v) is 6.15. The fourth-order valence-electron chi connectivity index (χ4n) is 1.70. The smallest absolute Gasteiger partial charge is 0.225 e. The maximum Gasteiger partial charge on any atom is 0.267 e. The van der Waals surface area contributed by atoms with Crippen molar-refractivity contribution in [3.8, 4) is 11.3 Å². The molecule has 0 aliphatic heterocycles. The van der Waals surface area contributed by atoms with E-state index in [1.807, 2.05) is 0 Å². The van der Waals surface area contributed by atoms with Crippen LogP contribution in [0.4, 0.5) is 0 Å². The second-order valence-corrected chi connectivity index (χ2v) is 7.83. The fourth-order valence-corrected chi connectivity index (χ4v) is 3.82. The summed E-state index contributed by atoms with van der Waals surface area (Å²) in [6.45, 7) is 0. The van der Waals surface area contributed by atoms with E-state index < -0.39 is 10.0 Å². The number of primary sulfonamides is 1. The molecule has 0 spiro atoms. The normalized spacial score (nSPS) is 12.2. The van der Waals surface area contributed by atoms with Crippen molar-refractivity contribution in [3.63, 3.8) is 0 Å². The number of nitrogens with two attached hydrogens (primary N) is 1. The quantitative estimate of drug-likeness (QED) is 0.689. The van der Waals surface area contributed by atoms with Crippen LogP contribution in [-0.4, -0.2) is 23.0 Å². The number of aromatic nitrogens is 3. The molecule has 1 aromatic carbocycles. The molecular weight excluding hydrogens is 379 g/mol. The van der Waals surface area contributed by atoms with Crippen LogP contribution in [0.15, 0.2) is 22.7 Å². The van der Waals surface area contributed by atoms with E-state index in [4.69, 9.17) is 39.9 Å². The summed E-state index contributed by atoms with van der Waals surface area (Å²) < 4.78 is 23.8. The number of hydrogen-bond donors (Lipinski definition) is 1. The summed E-state index contributed by atoms with van der Waals surface area (Å²) in [5, 5.41) is 9.74. The molecule has 110 valence electrons. The second-order valence-electron chi connectivity index (χ2n) is 3.97. The van der Waals surface area contributed by atoms with Gasteiger partial charge in [0.25, 0.3) is 10.0 Å². The van der Waals surface area contributed by atoms with Crippen LogP contribution in [0.3, 0.4) is 0 Å². The summed E-state index contributed by atoms with van der Waals surface area (Å²) in [7, 11) is -3.89. The average Bonchev–Trinajstić information content (AvgIpc) is 2.96. The Hall–Kier alpha value is -0.900. The van der Waals surface area contributed by atoms with Gasteiger partial charge in [-0.15, -0.1) is 5.10 Å². The summed E-state index contributed by atoms with van der Waals surface area (Å²) in [5.41, 5.74) is 1.02. The Bertz CT molecular complexity index is 964. The molecule has 2 heterocycles. The minimum atomic E-state index is -3.89. The third-order valence-electron chi connectivity index (χ3n) is 2.62. The second kappa shape index (κ2) is 5.08. The maximum atomic E-state index is 11.3. The number of halogens is 3. The highest BCUT2D eigenvalue weighted by Gasteiger charge is 2.20. The minimum Gasteiger partial charge on any atom is -0.225 e. The average molecular weight is 384 g/mol. The highest BCUT2D eigenvalue weighted by atomic mass is 35.5. The highest BCUT2D eigenvalue weighted by Crippen LogP contribution is 2.38. The molecule has 3 aromatic rings. The summed E-state index contributed by atoms with van der Waals surface area (Å²) in [5.74, 6) is 0. The molecule has 3 rings (SSSR count). The van der Waals surface area contributed by atoms with Crippen molar-refractivity contribution in [1.29, 1.82) is 0 Å². The van der Waals surface area contributed by atoms with Crippen molar-refractivity contribution in [3.05, 3.63) is 33.4 Å². The first-order valence-corrected chi connectivity index (χ1v) is 8.80. The van der Waals surface area contributed by atoms with E-state index in [-0.39, 0.29) is 14.4 Å². The number of imidazole rings is 1. The van der Waals surface area contributed by atoms with Gasteiger partial charge in [0.2, 0.25) is 9.30 Å². The zero-order chi connectivity index (χ0) is 15.4. The van der Waals surface area contributed by atoms with Crippen LogP contribution < -0.4 is 5.14 Å². The first-order valence-electron chi connectivity index (χ1n) is 5.30. The van der Waals surface area contributed by atoms with Crippen LogP contribution in [0, 0.1) is 0 Å². The zero-order valence-electron chi connectivity index (χ0n) is 9.92. The van der Waals surface area contributed by atoms with Gasteiger partial charge in [-0.2, -0.15) is 0 Å². The lowest BCUT2D eigenvalue weighted by Gasteiger charge is -2.05. The van der Waals surface area contributed by atoms with Crippen LogP contribution in [0.5, 0.6) is 0 Å². The topological polar surface area (TPSA) is 90.4 Å². The number of sulfonamides is 1. The van der Waals surface area contributed by atoms with Crippen LogP contribution in [0.1, 0.15) is 0 Å². The largest absolute Gasteiger partial charge is 0.267 e. The van der Waals surface area contributed by atoms with Gasteiger partial charge >= 0.3 is 0 Å². The standard InChI is InChI=1S/C10H5Cl3N4O2S2/c11-5-2-1-4(7(12)8(5)13)6-3-15-9-17(6)16-10(20-9)21(14,18)19/h1-3H,(H2,14,18,19). The van der Waals surface area contributed by atoms with E-state index in [2.05, 4.69) is 10.1 Å². The van der Waals surface area contributed by atoms with Gasteiger partial charge < -0.3 is 0 Å². The van der Waals surface area contributed by atoms with E-state index in [0.29, 0.717) is 21.2 Å². The Morgan fingerprint density at radius 2 is 1.90 bits per heavy atom. The van der Waals surface area contributed by atoms with Crippen molar-refractivity contribution >= 4 is 61.1 Å². The molecular formula is C10H5Cl3N4O2S2. The maximum absolute atomic E-state index is 11.3. The van der Waals surface area contributed by atoms with Crippen molar-refractivity contribution in [1.82, 2.24) is 14.6 Å². The molecule has 11 heteroatoms. The van der Waals surface area contributed by atoms with Gasteiger partial charge in [-0.1, -0.05) is 46.1 Å². The van der Waals surface area contributed by atoms with Gasteiger partial charge in [-0.25, -0.2) is 23.1 Å². The molecule has 0 unspecified atom stereocenters. The Morgan fingerprint density at radius 3 is 2.57 bits per heavy atom. The Labute approximate surface area is 138 Å². The van der Waals surface area contributed by atoms with Crippen molar-refractivity contribution in [2.45, 2.75) is 4.34 Å². The summed E-state index contributed by atoms with van der Waals surface area (Å²) >= 11 is 18.9. The van der Waals surface area contributed by atoms with Crippen LogP contribution in [0.25, 0.3) is 16.2 Å². The zero-order valence-corrected chi connectivity index (χ0v) is 13.8. The van der Waals surface area contributed by atoms with Crippen molar-refractivity contribution in [2.24, 2.45) is 5.14 Å². The lowest BCUT2D eigenvalue weighted by atomic mass is 10.2. The van der Waals surface area contributed by atoms with Gasteiger partial charge in [-0.3, -0.25) is 0 Å². The summed E-state index contributed by atoms with van der Waals surface area (Å²) in [4.78, 5) is 4.46. The van der Waals surface area contributed by atoms with Crippen LogP contribution in [-0.2, 0) is 10.0 Å². The molecule has 0 atom stereocenters. The molecule has 0 bridgehead atoms. The van der Waals surface area contributed by atoms with Gasteiger partial charge in [0, 0.05) is 5.56 Å². The molecule has 0 saturated heterocycles. The molecule has 2 N–H and O–H groups in total. The Balaban J connectivity index is 2.27. The van der Waals surface area contributed by atoms with E-state index >= 15 is 0 Å². The molecule has 2 aromatic heterocycles. The number of rotatable bonds is 2. The summed E-state index contributed by atoms with van der Waals surface area (Å²) in [6.07, 6.45) is 1.51. The summed E-state index contributed by atoms with van der Waals surface area (Å²) in [6, 6.07) is 3.23. The molecule has 6 nitrogen and oxygen atoms in total. The van der Waals surface area contributed by atoms with Gasteiger partial charge in [0.15, 0.2) is 0 Å². The fraction of sp³-hybridized carbons (Fsp3) is 0. The van der Waals surface area contributed by atoms with Gasteiger partial charge in [-0.05, 0) is 12.1 Å². The Morgan fingerprint density at radius 1 is 1.19 bits per heavy atom. The minimum absolute atomic E-state index is 0.202. The lowest BCUT2D eigenvalue weighted by Crippen LogP contribution is -2.12. The van der Waals surface area contributed by atoms with Crippen molar-refractivity contribution < 1.29 is 8.42 Å².